The van der Waals surface area contributed by atoms with Gasteiger partial charge in [0, 0.05) is 25.2 Å². The summed E-state index contributed by atoms with van der Waals surface area (Å²) in [7, 11) is 0. The van der Waals surface area contributed by atoms with Crippen LogP contribution < -0.4 is 5.73 Å². The Morgan fingerprint density at radius 3 is 2.57 bits per heavy atom. The smallest absolute Gasteiger partial charge is 0.0731 e. The standard InChI is InChI=1S/C18H28N2O/c1-13(2)14-6-8-15(9-7-14)17(12-19)20-10-11-21-18-5-3-4-16(18)20/h6-9,13,16-18H,3-5,10-12,19H2,1-2H3. The van der Waals surface area contributed by atoms with E-state index in [0.717, 1.165) is 13.2 Å². The molecule has 1 aliphatic carbocycles. The molecule has 2 aliphatic rings. The summed E-state index contributed by atoms with van der Waals surface area (Å²) in [5.74, 6) is 0.581. The third-order valence-electron chi connectivity index (χ3n) is 5.14. The lowest BCUT2D eigenvalue weighted by molar-refractivity contribution is -0.0711. The van der Waals surface area contributed by atoms with Crippen LogP contribution in [-0.2, 0) is 4.74 Å². The Labute approximate surface area is 128 Å². The molecule has 3 atom stereocenters. The first-order valence-corrected chi connectivity index (χ1v) is 8.38. The summed E-state index contributed by atoms with van der Waals surface area (Å²) >= 11 is 0. The molecule has 3 heteroatoms. The first-order chi connectivity index (χ1) is 10.2. The lowest BCUT2D eigenvalue weighted by Crippen LogP contribution is -2.51. The molecule has 1 saturated carbocycles. The molecule has 1 saturated heterocycles. The number of morpholine rings is 1. The molecule has 3 rings (SSSR count). The largest absolute Gasteiger partial charge is 0.375 e. The van der Waals surface area contributed by atoms with E-state index in [-0.39, 0.29) is 0 Å². The van der Waals surface area contributed by atoms with Crippen LogP contribution in [0.1, 0.15) is 56.2 Å². The molecule has 0 radical (unpaired) electrons. The monoisotopic (exact) mass is 288 g/mol. The number of ether oxygens (including phenoxy) is 1. The first-order valence-electron chi connectivity index (χ1n) is 8.38. The van der Waals surface area contributed by atoms with Gasteiger partial charge in [-0.1, -0.05) is 38.1 Å². The molecule has 1 aromatic carbocycles. The van der Waals surface area contributed by atoms with E-state index in [4.69, 9.17) is 10.5 Å². The summed E-state index contributed by atoms with van der Waals surface area (Å²) < 4.78 is 5.93. The average Bonchev–Trinajstić information content (AvgIpc) is 2.98. The zero-order valence-corrected chi connectivity index (χ0v) is 13.3. The summed E-state index contributed by atoms with van der Waals surface area (Å²) in [6.07, 6.45) is 4.19. The van der Waals surface area contributed by atoms with Crippen molar-refractivity contribution in [3.63, 3.8) is 0 Å². The van der Waals surface area contributed by atoms with Gasteiger partial charge in [0.05, 0.1) is 12.7 Å². The van der Waals surface area contributed by atoms with E-state index in [1.165, 1.54) is 30.4 Å². The Bertz CT molecular complexity index is 457. The SMILES string of the molecule is CC(C)c1ccc(C(CN)N2CCOC3CCCC32)cc1. The fourth-order valence-electron chi connectivity index (χ4n) is 3.91. The number of hydrogen-bond acceptors (Lipinski definition) is 3. The van der Waals surface area contributed by atoms with E-state index in [1.54, 1.807) is 0 Å². The lowest BCUT2D eigenvalue weighted by Gasteiger charge is -2.42. The molecule has 0 amide bonds. The minimum atomic E-state index is 0.334. The first kappa shape index (κ1) is 15.0. The Balaban J connectivity index is 1.80. The second kappa shape index (κ2) is 6.47. The van der Waals surface area contributed by atoms with Gasteiger partial charge >= 0.3 is 0 Å². The maximum absolute atomic E-state index is 6.13. The molecule has 3 unspecified atom stereocenters. The van der Waals surface area contributed by atoms with Crippen LogP contribution in [0.5, 0.6) is 0 Å². The highest BCUT2D eigenvalue weighted by molar-refractivity contribution is 5.27. The number of fused-ring (bicyclic) bond motifs is 1. The highest BCUT2D eigenvalue weighted by atomic mass is 16.5. The molecule has 1 heterocycles. The van der Waals surface area contributed by atoms with E-state index < -0.39 is 0 Å². The Kier molecular flexibility index (Phi) is 4.63. The predicted octanol–water partition coefficient (Wildman–Crippen LogP) is 3.06. The molecule has 2 fully saturated rings. The topological polar surface area (TPSA) is 38.5 Å². The van der Waals surface area contributed by atoms with E-state index >= 15 is 0 Å². The molecule has 0 spiro atoms. The third kappa shape index (κ3) is 3.01. The average molecular weight is 288 g/mol. The van der Waals surface area contributed by atoms with Gasteiger partial charge in [-0.25, -0.2) is 0 Å². The van der Waals surface area contributed by atoms with Crippen molar-refractivity contribution in [1.29, 1.82) is 0 Å². The van der Waals surface area contributed by atoms with Crippen LogP contribution in [0.4, 0.5) is 0 Å². The summed E-state index contributed by atoms with van der Waals surface area (Å²) in [6, 6.07) is 9.96. The number of nitrogens with zero attached hydrogens (tertiary/aromatic N) is 1. The minimum absolute atomic E-state index is 0.334. The summed E-state index contributed by atoms with van der Waals surface area (Å²) in [5.41, 5.74) is 8.89. The van der Waals surface area contributed by atoms with Gasteiger partial charge < -0.3 is 10.5 Å². The van der Waals surface area contributed by atoms with Crippen molar-refractivity contribution in [3.8, 4) is 0 Å². The molecule has 2 N–H and O–H groups in total. The molecule has 21 heavy (non-hydrogen) atoms. The van der Waals surface area contributed by atoms with Crippen molar-refractivity contribution in [3.05, 3.63) is 35.4 Å². The molecule has 3 nitrogen and oxygen atoms in total. The van der Waals surface area contributed by atoms with E-state index in [1.807, 2.05) is 0 Å². The molecule has 116 valence electrons. The van der Waals surface area contributed by atoms with E-state index in [2.05, 4.69) is 43.0 Å². The van der Waals surface area contributed by atoms with Gasteiger partial charge in [-0.3, -0.25) is 4.90 Å². The van der Waals surface area contributed by atoms with Crippen molar-refractivity contribution in [1.82, 2.24) is 4.90 Å². The second-order valence-electron chi connectivity index (χ2n) is 6.72. The zero-order chi connectivity index (χ0) is 14.8. The third-order valence-corrected chi connectivity index (χ3v) is 5.14. The van der Waals surface area contributed by atoms with Crippen molar-refractivity contribution >= 4 is 0 Å². The van der Waals surface area contributed by atoms with Crippen LogP contribution in [0, 0.1) is 0 Å². The highest BCUT2D eigenvalue weighted by Gasteiger charge is 2.39. The summed E-state index contributed by atoms with van der Waals surface area (Å²) in [5, 5.41) is 0. The molecular formula is C18H28N2O. The van der Waals surface area contributed by atoms with Gasteiger partial charge in [-0.05, 0) is 36.3 Å². The van der Waals surface area contributed by atoms with Gasteiger partial charge in [0.15, 0.2) is 0 Å². The number of benzene rings is 1. The molecule has 1 aromatic rings. The Hall–Kier alpha value is -0.900. The number of nitrogens with two attached hydrogens (primary N) is 1. The van der Waals surface area contributed by atoms with Crippen LogP contribution in [0.25, 0.3) is 0 Å². The summed E-state index contributed by atoms with van der Waals surface area (Å²) in [6.45, 7) is 7.02. The summed E-state index contributed by atoms with van der Waals surface area (Å²) in [4.78, 5) is 2.60. The number of hydrogen-bond donors (Lipinski definition) is 1. The minimum Gasteiger partial charge on any atom is -0.375 e. The van der Waals surface area contributed by atoms with Crippen molar-refractivity contribution in [2.45, 2.75) is 57.2 Å². The second-order valence-corrected chi connectivity index (χ2v) is 6.72. The lowest BCUT2D eigenvalue weighted by atomic mass is 9.96. The van der Waals surface area contributed by atoms with Crippen LogP contribution in [0.3, 0.4) is 0 Å². The van der Waals surface area contributed by atoms with Crippen molar-refractivity contribution in [2.75, 3.05) is 19.7 Å². The fraction of sp³-hybridized carbons (Fsp3) is 0.667. The normalized spacial score (nSPS) is 27.8. The number of rotatable bonds is 4. The van der Waals surface area contributed by atoms with E-state index in [0.29, 0.717) is 30.7 Å². The Morgan fingerprint density at radius 1 is 1.19 bits per heavy atom. The van der Waals surface area contributed by atoms with Crippen molar-refractivity contribution < 1.29 is 4.74 Å². The van der Waals surface area contributed by atoms with Gasteiger partial charge in [-0.15, -0.1) is 0 Å². The Morgan fingerprint density at radius 2 is 1.90 bits per heavy atom. The molecule has 1 aliphatic heterocycles. The molecule has 0 aromatic heterocycles. The van der Waals surface area contributed by atoms with Gasteiger partial charge in [0.25, 0.3) is 0 Å². The van der Waals surface area contributed by atoms with Gasteiger partial charge in [0.2, 0.25) is 0 Å². The molecular weight excluding hydrogens is 260 g/mol. The van der Waals surface area contributed by atoms with Crippen LogP contribution >= 0.6 is 0 Å². The van der Waals surface area contributed by atoms with Crippen molar-refractivity contribution in [2.24, 2.45) is 5.73 Å². The predicted molar refractivity (Wildman–Crippen MR) is 86.4 cm³/mol. The van der Waals surface area contributed by atoms with Gasteiger partial charge in [0.1, 0.15) is 0 Å². The maximum Gasteiger partial charge on any atom is 0.0731 e. The van der Waals surface area contributed by atoms with Crippen LogP contribution in [-0.4, -0.2) is 36.7 Å². The quantitative estimate of drug-likeness (QED) is 0.925. The maximum atomic E-state index is 6.13. The van der Waals surface area contributed by atoms with E-state index in [9.17, 15) is 0 Å². The van der Waals surface area contributed by atoms with Crippen LogP contribution in [0.15, 0.2) is 24.3 Å². The highest BCUT2D eigenvalue weighted by Crippen LogP contribution is 2.35. The van der Waals surface area contributed by atoms with Crippen LogP contribution in [0.2, 0.25) is 0 Å². The molecule has 0 bridgehead atoms. The zero-order valence-electron chi connectivity index (χ0n) is 13.3. The fourth-order valence-corrected chi connectivity index (χ4v) is 3.91. The van der Waals surface area contributed by atoms with Gasteiger partial charge in [-0.2, -0.15) is 0 Å².